The molecule has 0 saturated heterocycles. The molecule has 3 heteroatoms. The topological polar surface area (TPSA) is 12.4 Å². The number of para-hydroxylation sites is 1. The minimum absolute atomic E-state index is 0.119. The maximum Gasteiger partial charge on any atom is 0.134 e. The summed E-state index contributed by atoms with van der Waals surface area (Å²) >= 11 is 0. The van der Waals surface area contributed by atoms with Crippen LogP contribution in [0, 0.1) is 11.6 Å². The lowest BCUT2D eigenvalue weighted by atomic mass is 10.2. The lowest BCUT2D eigenvalue weighted by Gasteiger charge is -1.97. The monoisotopic (exact) mass is 217 g/mol. The van der Waals surface area contributed by atoms with Crippen molar-refractivity contribution in [2.45, 2.75) is 0 Å². The Kier molecular flexibility index (Phi) is 3.05. The molecular weight excluding hydrogens is 208 g/mol. The van der Waals surface area contributed by atoms with Crippen molar-refractivity contribution in [1.82, 2.24) is 0 Å². The fourth-order valence-corrected chi connectivity index (χ4v) is 1.29. The Hall–Kier alpha value is -2.03. The van der Waals surface area contributed by atoms with Gasteiger partial charge in [-0.1, -0.05) is 24.3 Å². The molecule has 16 heavy (non-hydrogen) atoms. The molecule has 0 spiro atoms. The van der Waals surface area contributed by atoms with Crippen molar-refractivity contribution in [2.75, 3.05) is 0 Å². The molecule has 0 fully saturated rings. The van der Waals surface area contributed by atoms with Gasteiger partial charge in [0.2, 0.25) is 0 Å². The summed E-state index contributed by atoms with van der Waals surface area (Å²) in [5.41, 5.74) is 0.538. The van der Waals surface area contributed by atoms with Gasteiger partial charge in [-0.25, -0.2) is 8.78 Å². The molecule has 0 aliphatic heterocycles. The number of halogens is 2. The molecule has 2 aromatic rings. The Bertz CT molecular complexity index is 486. The third-order valence-corrected chi connectivity index (χ3v) is 2.10. The van der Waals surface area contributed by atoms with Gasteiger partial charge in [0.25, 0.3) is 0 Å². The summed E-state index contributed by atoms with van der Waals surface area (Å²) in [6.07, 6.45) is 1.19. The van der Waals surface area contributed by atoms with Crippen LogP contribution in [0.4, 0.5) is 14.5 Å². The van der Waals surface area contributed by atoms with Crippen LogP contribution in [0.25, 0.3) is 0 Å². The van der Waals surface area contributed by atoms with Crippen LogP contribution in [-0.4, -0.2) is 6.21 Å². The quantitative estimate of drug-likeness (QED) is 0.680. The van der Waals surface area contributed by atoms with Crippen LogP contribution in [0.2, 0.25) is 0 Å². The normalized spacial score (nSPS) is 10.9. The molecule has 0 atom stereocenters. The summed E-state index contributed by atoms with van der Waals surface area (Å²) < 4.78 is 26.4. The highest BCUT2D eigenvalue weighted by molar-refractivity contribution is 5.82. The van der Waals surface area contributed by atoms with E-state index in [0.29, 0.717) is 5.69 Å². The first-order valence-corrected chi connectivity index (χ1v) is 4.80. The summed E-state index contributed by atoms with van der Waals surface area (Å²) in [7, 11) is 0. The highest BCUT2D eigenvalue weighted by Crippen LogP contribution is 2.13. The van der Waals surface area contributed by atoms with E-state index < -0.39 is 11.6 Å². The molecule has 0 amide bonds. The minimum Gasteiger partial charge on any atom is -0.256 e. The molecule has 0 aromatic heterocycles. The zero-order valence-electron chi connectivity index (χ0n) is 8.40. The number of hydrogen-bond donors (Lipinski definition) is 0. The van der Waals surface area contributed by atoms with E-state index in [2.05, 4.69) is 4.99 Å². The van der Waals surface area contributed by atoms with Crippen LogP contribution in [0.1, 0.15) is 5.56 Å². The van der Waals surface area contributed by atoms with Gasteiger partial charge in [0.1, 0.15) is 11.6 Å². The van der Waals surface area contributed by atoms with E-state index >= 15 is 0 Å². The second-order valence-electron chi connectivity index (χ2n) is 3.23. The Morgan fingerprint density at radius 1 is 0.812 bits per heavy atom. The van der Waals surface area contributed by atoms with Crippen molar-refractivity contribution in [3.05, 3.63) is 65.7 Å². The molecule has 2 aromatic carbocycles. The Morgan fingerprint density at radius 2 is 1.44 bits per heavy atom. The van der Waals surface area contributed by atoms with Crippen LogP contribution in [0.5, 0.6) is 0 Å². The van der Waals surface area contributed by atoms with E-state index in [4.69, 9.17) is 0 Å². The third-order valence-electron chi connectivity index (χ3n) is 2.10. The Labute approximate surface area is 92.1 Å². The first-order chi connectivity index (χ1) is 7.77. The van der Waals surface area contributed by atoms with Gasteiger partial charge in [0.15, 0.2) is 0 Å². The Balaban J connectivity index is 2.31. The van der Waals surface area contributed by atoms with Gasteiger partial charge in [-0.05, 0) is 24.3 Å². The van der Waals surface area contributed by atoms with Crippen molar-refractivity contribution in [3.63, 3.8) is 0 Å². The predicted octanol–water partition coefficient (Wildman–Crippen LogP) is 3.72. The smallest absolute Gasteiger partial charge is 0.134 e. The van der Waals surface area contributed by atoms with E-state index in [0.717, 1.165) is 0 Å². The SMILES string of the molecule is Fc1cccc(F)c1/C=N/c1ccccc1. The summed E-state index contributed by atoms with van der Waals surface area (Å²) in [6.45, 7) is 0. The standard InChI is InChI=1S/C13H9F2N/c14-12-7-4-8-13(15)11(12)9-16-10-5-2-1-3-6-10/h1-9H/b16-9+. The fourth-order valence-electron chi connectivity index (χ4n) is 1.29. The van der Waals surface area contributed by atoms with Crippen LogP contribution in [0.15, 0.2) is 53.5 Å². The molecule has 0 saturated carbocycles. The highest BCUT2D eigenvalue weighted by Gasteiger charge is 2.04. The largest absolute Gasteiger partial charge is 0.256 e. The average molecular weight is 217 g/mol. The van der Waals surface area contributed by atoms with Gasteiger partial charge in [-0.2, -0.15) is 0 Å². The zero-order chi connectivity index (χ0) is 11.4. The van der Waals surface area contributed by atoms with Crippen molar-refractivity contribution in [3.8, 4) is 0 Å². The number of hydrogen-bond acceptors (Lipinski definition) is 1. The maximum atomic E-state index is 13.2. The van der Waals surface area contributed by atoms with Gasteiger partial charge in [-0.3, -0.25) is 4.99 Å². The van der Waals surface area contributed by atoms with E-state index in [1.807, 2.05) is 18.2 Å². The van der Waals surface area contributed by atoms with Gasteiger partial charge in [-0.15, -0.1) is 0 Å². The van der Waals surface area contributed by atoms with Crippen molar-refractivity contribution < 1.29 is 8.78 Å². The molecule has 0 radical (unpaired) electrons. The highest BCUT2D eigenvalue weighted by atomic mass is 19.1. The number of benzene rings is 2. The van der Waals surface area contributed by atoms with Crippen molar-refractivity contribution in [1.29, 1.82) is 0 Å². The summed E-state index contributed by atoms with van der Waals surface area (Å²) in [5.74, 6) is -1.22. The van der Waals surface area contributed by atoms with Crippen LogP contribution >= 0.6 is 0 Å². The van der Waals surface area contributed by atoms with Gasteiger partial charge < -0.3 is 0 Å². The number of rotatable bonds is 2. The van der Waals surface area contributed by atoms with Crippen LogP contribution in [0.3, 0.4) is 0 Å². The van der Waals surface area contributed by atoms with Crippen LogP contribution < -0.4 is 0 Å². The van der Waals surface area contributed by atoms with Crippen molar-refractivity contribution in [2.24, 2.45) is 4.99 Å². The minimum atomic E-state index is -0.611. The van der Waals surface area contributed by atoms with Gasteiger partial charge in [0.05, 0.1) is 11.3 Å². The van der Waals surface area contributed by atoms with E-state index in [1.165, 1.54) is 24.4 Å². The Morgan fingerprint density at radius 3 is 2.06 bits per heavy atom. The van der Waals surface area contributed by atoms with E-state index in [-0.39, 0.29) is 5.56 Å². The molecular formula is C13H9F2N. The molecule has 1 nitrogen and oxygen atoms in total. The second kappa shape index (κ2) is 4.66. The molecule has 80 valence electrons. The predicted molar refractivity (Wildman–Crippen MR) is 60.1 cm³/mol. The lowest BCUT2D eigenvalue weighted by Crippen LogP contribution is -1.92. The van der Waals surface area contributed by atoms with Gasteiger partial charge >= 0.3 is 0 Å². The van der Waals surface area contributed by atoms with Crippen LogP contribution in [-0.2, 0) is 0 Å². The van der Waals surface area contributed by atoms with E-state index in [9.17, 15) is 8.78 Å². The summed E-state index contributed by atoms with van der Waals surface area (Å²) in [6, 6.07) is 12.7. The molecule has 2 rings (SSSR count). The maximum absolute atomic E-state index is 13.2. The number of nitrogens with zero attached hydrogens (tertiary/aromatic N) is 1. The fraction of sp³-hybridized carbons (Fsp3) is 0. The second-order valence-corrected chi connectivity index (χ2v) is 3.23. The van der Waals surface area contributed by atoms with E-state index in [1.54, 1.807) is 12.1 Å². The lowest BCUT2D eigenvalue weighted by molar-refractivity contribution is 0.580. The first kappa shape index (κ1) is 10.5. The van der Waals surface area contributed by atoms with Gasteiger partial charge in [0, 0.05) is 6.21 Å². The number of aliphatic imine (C=N–C) groups is 1. The molecule has 0 unspecified atom stereocenters. The summed E-state index contributed by atoms with van der Waals surface area (Å²) in [5, 5.41) is 0. The average Bonchev–Trinajstić information content (AvgIpc) is 2.30. The summed E-state index contributed by atoms with van der Waals surface area (Å²) in [4.78, 5) is 3.99. The molecule has 0 heterocycles. The molecule has 0 N–H and O–H groups in total. The molecule has 0 aliphatic rings. The zero-order valence-corrected chi connectivity index (χ0v) is 8.40. The molecule has 0 aliphatic carbocycles. The van der Waals surface area contributed by atoms with Crippen molar-refractivity contribution >= 4 is 11.9 Å². The first-order valence-electron chi connectivity index (χ1n) is 4.80. The molecule has 0 bridgehead atoms. The third kappa shape index (κ3) is 2.31.